The summed E-state index contributed by atoms with van der Waals surface area (Å²) in [6.45, 7) is 1.79. The molecule has 0 aromatic carbocycles. The van der Waals surface area contributed by atoms with Crippen LogP contribution in [0.4, 0.5) is 8.78 Å². The van der Waals surface area contributed by atoms with Gasteiger partial charge in [0.2, 0.25) is 0 Å². The van der Waals surface area contributed by atoms with Gasteiger partial charge < -0.3 is 10.6 Å². The predicted octanol–water partition coefficient (Wildman–Crippen LogP) is 1.13. The van der Waals surface area contributed by atoms with Crippen molar-refractivity contribution < 1.29 is 8.78 Å². The molecular formula is C9H16F2N2. The van der Waals surface area contributed by atoms with Crippen LogP contribution in [-0.4, -0.2) is 31.1 Å². The third-order valence-electron chi connectivity index (χ3n) is 3.01. The predicted molar refractivity (Wildman–Crippen MR) is 47.0 cm³/mol. The van der Waals surface area contributed by atoms with E-state index in [-0.39, 0.29) is 12.5 Å². The van der Waals surface area contributed by atoms with Gasteiger partial charge in [0.05, 0.1) is 6.04 Å². The van der Waals surface area contributed by atoms with Crippen molar-refractivity contribution in [2.45, 2.75) is 43.7 Å². The Balaban J connectivity index is 1.86. The molecule has 0 aromatic rings. The van der Waals surface area contributed by atoms with Crippen LogP contribution in [0.2, 0.25) is 0 Å². The highest BCUT2D eigenvalue weighted by Crippen LogP contribution is 2.35. The van der Waals surface area contributed by atoms with E-state index in [2.05, 4.69) is 10.6 Å². The monoisotopic (exact) mass is 190 g/mol. The fourth-order valence-corrected chi connectivity index (χ4v) is 2.21. The zero-order valence-corrected chi connectivity index (χ0v) is 7.65. The zero-order chi connectivity index (χ0) is 9.31. The van der Waals surface area contributed by atoms with Gasteiger partial charge >= 0.3 is 0 Å². The summed E-state index contributed by atoms with van der Waals surface area (Å²) in [5.41, 5.74) is 0. The summed E-state index contributed by atoms with van der Waals surface area (Å²) in [5.74, 6) is -2.47. The molecular weight excluding hydrogens is 174 g/mol. The van der Waals surface area contributed by atoms with Gasteiger partial charge in [-0.05, 0) is 25.8 Å². The first-order chi connectivity index (χ1) is 6.18. The van der Waals surface area contributed by atoms with E-state index in [9.17, 15) is 8.78 Å². The van der Waals surface area contributed by atoms with Crippen molar-refractivity contribution in [1.82, 2.24) is 10.6 Å². The van der Waals surface area contributed by atoms with Gasteiger partial charge in [0, 0.05) is 19.0 Å². The van der Waals surface area contributed by atoms with E-state index < -0.39 is 12.0 Å². The molecule has 1 aliphatic heterocycles. The lowest BCUT2D eigenvalue weighted by molar-refractivity contribution is -0.0205. The summed E-state index contributed by atoms with van der Waals surface area (Å²) in [6.07, 6.45) is 2.33. The van der Waals surface area contributed by atoms with Crippen LogP contribution in [0.15, 0.2) is 0 Å². The minimum atomic E-state index is -2.47. The second kappa shape index (κ2) is 3.50. The van der Waals surface area contributed by atoms with Crippen LogP contribution >= 0.6 is 0 Å². The maximum atomic E-state index is 13.2. The van der Waals surface area contributed by atoms with Gasteiger partial charge in [0.1, 0.15) is 0 Å². The molecule has 1 saturated carbocycles. The molecule has 2 fully saturated rings. The Morgan fingerprint density at radius 2 is 2.15 bits per heavy atom. The Morgan fingerprint density at radius 1 is 1.31 bits per heavy atom. The summed E-state index contributed by atoms with van der Waals surface area (Å²) in [4.78, 5) is 0. The molecule has 0 bridgehead atoms. The molecule has 2 atom stereocenters. The van der Waals surface area contributed by atoms with E-state index in [1.165, 1.54) is 0 Å². The van der Waals surface area contributed by atoms with Crippen molar-refractivity contribution in [2.75, 3.05) is 13.1 Å². The third-order valence-corrected chi connectivity index (χ3v) is 3.01. The van der Waals surface area contributed by atoms with Gasteiger partial charge in [-0.3, -0.25) is 0 Å². The number of hydrogen-bond acceptors (Lipinski definition) is 2. The summed E-state index contributed by atoms with van der Waals surface area (Å²) < 4.78 is 26.4. The number of halogens is 2. The smallest absolute Gasteiger partial charge is 0.263 e. The number of nitrogens with one attached hydrogen (secondary N) is 2. The highest BCUT2D eigenvalue weighted by molar-refractivity contribution is 4.93. The van der Waals surface area contributed by atoms with Crippen LogP contribution in [0, 0.1) is 0 Å². The Hall–Kier alpha value is -0.220. The van der Waals surface area contributed by atoms with Gasteiger partial charge in [0.25, 0.3) is 5.92 Å². The molecule has 2 N–H and O–H groups in total. The molecule has 1 saturated heterocycles. The number of alkyl halides is 2. The average Bonchev–Trinajstić information content (AvgIpc) is 2.63. The summed E-state index contributed by atoms with van der Waals surface area (Å²) in [6, 6.07) is -0.314. The normalized spacial score (nSPS) is 38.3. The van der Waals surface area contributed by atoms with Gasteiger partial charge in [-0.1, -0.05) is 0 Å². The second-order valence-corrected chi connectivity index (χ2v) is 4.06. The molecule has 0 radical (unpaired) electrons. The molecule has 1 aliphatic carbocycles. The Kier molecular flexibility index (Phi) is 2.51. The van der Waals surface area contributed by atoms with E-state index >= 15 is 0 Å². The van der Waals surface area contributed by atoms with Crippen LogP contribution in [0.3, 0.4) is 0 Å². The molecule has 0 aromatic heterocycles. The molecule has 0 spiro atoms. The first-order valence-corrected chi connectivity index (χ1v) is 5.03. The Labute approximate surface area is 77.1 Å². The highest BCUT2D eigenvalue weighted by atomic mass is 19.3. The minimum absolute atomic E-state index is 0.0603. The Bertz CT molecular complexity index is 178. The van der Waals surface area contributed by atoms with E-state index in [4.69, 9.17) is 0 Å². The van der Waals surface area contributed by atoms with Crippen LogP contribution < -0.4 is 10.6 Å². The highest BCUT2D eigenvalue weighted by Gasteiger charge is 2.44. The van der Waals surface area contributed by atoms with Crippen LogP contribution in [0.25, 0.3) is 0 Å². The molecule has 4 heteroatoms. The first-order valence-electron chi connectivity index (χ1n) is 5.03. The lowest BCUT2D eigenvalue weighted by Crippen LogP contribution is -2.46. The van der Waals surface area contributed by atoms with Crippen LogP contribution in [0.5, 0.6) is 0 Å². The zero-order valence-electron chi connectivity index (χ0n) is 7.65. The largest absolute Gasteiger partial charge is 0.315 e. The molecule has 0 amide bonds. The molecule has 76 valence electrons. The minimum Gasteiger partial charge on any atom is -0.315 e. The number of hydrogen-bond donors (Lipinski definition) is 2. The fraction of sp³-hybridized carbons (Fsp3) is 1.00. The topological polar surface area (TPSA) is 24.1 Å². The van der Waals surface area contributed by atoms with Crippen molar-refractivity contribution in [3.05, 3.63) is 0 Å². The van der Waals surface area contributed by atoms with E-state index in [0.717, 1.165) is 19.5 Å². The molecule has 2 nitrogen and oxygen atoms in total. The number of rotatable bonds is 2. The summed E-state index contributed by atoms with van der Waals surface area (Å²) in [5, 5.41) is 6.22. The fourth-order valence-electron chi connectivity index (χ4n) is 2.21. The maximum Gasteiger partial charge on any atom is 0.263 e. The van der Waals surface area contributed by atoms with Gasteiger partial charge in [-0.25, -0.2) is 8.78 Å². The van der Waals surface area contributed by atoms with Crippen LogP contribution in [0.1, 0.15) is 25.7 Å². The molecule has 13 heavy (non-hydrogen) atoms. The second-order valence-electron chi connectivity index (χ2n) is 4.06. The lowest BCUT2D eigenvalue weighted by atomic mass is 10.1. The van der Waals surface area contributed by atoms with E-state index in [0.29, 0.717) is 12.8 Å². The van der Waals surface area contributed by atoms with Crippen molar-refractivity contribution in [2.24, 2.45) is 0 Å². The summed E-state index contributed by atoms with van der Waals surface area (Å²) >= 11 is 0. The van der Waals surface area contributed by atoms with E-state index in [1.807, 2.05) is 0 Å². The van der Waals surface area contributed by atoms with Crippen LogP contribution in [-0.2, 0) is 0 Å². The lowest BCUT2D eigenvalue weighted by Gasteiger charge is -2.23. The van der Waals surface area contributed by atoms with Crippen molar-refractivity contribution in [3.63, 3.8) is 0 Å². The third kappa shape index (κ3) is 1.99. The Morgan fingerprint density at radius 3 is 2.69 bits per heavy atom. The average molecular weight is 190 g/mol. The van der Waals surface area contributed by atoms with Gasteiger partial charge in [-0.2, -0.15) is 0 Å². The van der Waals surface area contributed by atoms with Gasteiger partial charge in [-0.15, -0.1) is 0 Å². The first kappa shape index (κ1) is 9.34. The maximum absolute atomic E-state index is 13.2. The quantitative estimate of drug-likeness (QED) is 0.682. The van der Waals surface area contributed by atoms with Crippen molar-refractivity contribution >= 4 is 0 Å². The van der Waals surface area contributed by atoms with Crippen molar-refractivity contribution in [3.8, 4) is 0 Å². The molecule has 2 unspecified atom stereocenters. The standard InChI is InChI=1S/C9H16F2N2/c10-9(11)4-1-2-8(9)13-7-3-5-12-6-7/h7-8,12-13H,1-6H2. The van der Waals surface area contributed by atoms with Gasteiger partial charge in [0.15, 0.2) is 0 Å². The summed E-state index contributed by atoms with van der Waals surface area (Å²) in [7, 11) is 0. The SMILES string of the molecule is FC1(F)CCCC1NC1CCNC1. The van der Waals surface area contributed by atoms with E-state index in [1.54, 1.807) is 0 Å². The molecule has 2 rings (SSSR count). The molecule has 1 heterocycles. The molecule has 2 aliphatic rings. The van der Waals surface area contributed by atoms with Crippen molar-refractivity contribution in [1.29, 1.82) is 0 Å².